The molecule has 1 aliphatic rings. The molecule has 4 N–H and O–H groups in total. The molecule has 10 heteroatoms. The Morgan fingerprint density at radius 2 is 1.85 bits per heavy atom. The molecule has 3 atom stereocenters. The minimum absolute atomic E-state index is 0.0724. The summed E-state index contributed by atoms with van der Waals surface area (Å²) in [6, 6.07) is 5.08. The number of ether oxygens (including phenoxy) is 1. The Hall–Kier alpha value is -2.85. The lowest BCUT2D eigenvalue weighted by Crippen LogP contribution is -2.40. The number of hydrogen-bond donors (Lipinski definition) is 4. The molecule has 180 valence electrons. The van der Waals surface area contributed by atoms with Crippen LogP contribution in [0.4, 0.5) is 28.0 Å². The van der Waals surface area contributed by atoms with Gasteiger partial charge in [-0.1, -0.05) is 26.8 Å². The van der Waals surface area contributed by atoms with Gasteiger partial charge in [0.05, 0.1) is 24.9 Å². The molecule has 0 bridgehead atoms. The van der Waals surface area contributed by atoms with Gasteiger partial charge in [0.2, 0.25) is 0 Å². The van der Waals surface area contributed by atoms with Crippen molar-refractivity contribution in [3.63, 3.8) is 0 Å². The molecule has 0 heterocycles. The van der Waals surface area contributed by atoms with Gasteiger partial charge < -0.3 is 25.6 Å². The first-order valence-corrected chi connectivity index (χ1v) is 10.2. The quantitative estimate of drug-likeness (QED) is 0.495. The number of amides is 2. The fraction of sp³-hybridized carbons (Fsp3) is 0.435. The van der Waals surface area contributed by atoms with Gasteiger partial charge in [-0.3, -0.25) is 0 Å². The van der Waals surface area contributed by atoms with E-state index in [2.05, 4.69) is 10.6 Å². The van der Waals surface area contributed by atoms with Crippen molar-refractivity contribution in [1.82, 2.24) is 5.32 Å². The number of carbonyl (C=O) groups is 1. The first kappa shape index (κ1) is 24.8. The molecule has 0 radical (unpaired) electrons. The van der Waals surface area contributed by atoms with Gasteiger partial charge in [0.25, 0.3) is 0 Å². The standard InChI is InChI=1S/C23H26F4N2O4/c1-22(2,3)12-8-15(20(31)23(25,26)27)19(33-4)17(9-12)29-21(32)28-16-7-11-5-6-13(24)10-14(11)18(16)30/h5-6,8-10,16,18,20,30-31H,7H2,1-4H3,(H2,28,29,32). The first-order chi connectivity index (χ1) is 15.2. The number of hydrogen-bond acceptors (Lipinski definition) is 4. The molecule has 2 amide bonds. The maximum absolute atomic E-state index is 13.5. The van der Waals surface area contributed by atoms with Crippen molar-refractivity contribution in [1.29, 1.82) is 0 Å². The highest BCUT2D eigenvalue weighted by molar-refractivity contribution is 5.92. The number of halogens is 4. The second-order valence-electron chi connectivity index (χ2n) is 9.04. The van der Waals surface area contributed by atoms with Crippen LogP contribution >= 0.6 is 0 Å². The molecule has 2 aromatic carbocycles. The first-order valence-electron chi connectivity index (χ1n) is 10.2. The number of carbonyl (C=O) groups excluding carboxylic acids is 1. The van der Waals surface area contributed by atoms with Crippen molar-refractivity contribution in [3.05, 3.63) is 58.4 Å². The number of rotatable bonds is 4. The van der Waals surface area contributed by atoms with Crippen LogP contribution in [0.1, 0.15) is 55.2 Å². The zero-order valence-electron chi connectivity index (χ0n) is 18.5. The van der Waals surface area contributed by atoms with E-state index in [1.54, 1.807) is 20.8 Å². The minimum Gasteiger partial charge on any atom is -0.494 e. The van der Waals surface area contributed by atoms with Crippen LogP contribution in [0, 0.1) is 5.82 Å². The highest BCUT2D eigenvalue weighted by atomic mass is 19.4. The van der Waals surface area contributed by atoms with E-state index in [0.29, 0.717) is 16.7 Å². The summed E-state index contributed by atoms with van der Waals surface area (Å²) in [6.45, 7) is 5.31. The Morgan fingerprint density at radius 3 is 2.42 bits per heavy atom. The summed E-state index contributed by atoms with van der Waals surface area (Å²) in [7, 11) is 1.13. The Kier molecular flexibility index (Phi) is 6.63. The molecule has 6 nitrogen and oxygen atoms in total. The Labute approximate surface area is 188 Å². The third-order valence-electron chi connectivity index (χ3n) is 5.60. The topological polar surface area (TPSA) is 90.8 Å². The molecule has 3 unspecified atom stereocenters. The highest BCUT2D eigenvalue weighted by Crippen LogP contribution is 2.43. The number of anilines is 1. The lowest BCUT2D eigenvalue weighted by molar-refractivity contribution is -0.207. The molecule has 2 aromatic rings. The molecule has 33 heavy (non-hydrogen) atoms. The molecule has 3 rings (SSSR count). The van der Waals surface area contributed by atoms with Crippen LogP contribution in [0.25, 0.3) is 0 Å². The third kappa shape index (κ3) is 5.22. The molecule has 0 spiro atoms. The van der Waals surface area contributed by atoms with E-state index in [0.717, 1.165) is 7.11 Å². The van der Waals surface area contributed by atoms with Gasteiger partial charge in [-0.15, -0.1) is 0 Å². The minimum atomic E-state index is -4.95. The van der Waals surface area contributed by atoms with E-state index < -0.39 is 47.3 Å². The van der Waals surface area contributed by atoms with E-state index in [9.17, 15) is 32.6 Å². The largest absolute Gasteiger partial charge is 0.494 e. The Morgan fingerprint density at radius 1 is 1.18 bits per heavy atom. The predicted octanol–water partition coefficient (Wildman–Crippen LogP) is 4.51. The molecule has 0 aromatic heterocycles. The summed E-state index contributed by atoms with van der Waals surface area (Å²) in [6.07, 6.45) is -8.66. The maximum Gasteiger partial charge on any atom is 0.418 e. The van der Waals surface area contributed by atoms with E-state index in [1.807, 2.05) is 0 Å². The zero-order chi connectivity index (χ0) is 24.7. The van der Waals surface area contributed by atoms with Gasteiger partial charge >= 0.3 is 12.2 Å². The predicted molar refractivity (Wildman–Crippen MR) is 114 cm³/mol. The summed E-state index contributed by atoms with van der Waals surface area (Å²) in [5, 5.41) is 25.4. The van der Waals surface area contributed by atoms with Crippen molar-refractivity contribution in [2.45, 2.75) is 57.0 Å². The number of nitrogens with one attached hydrogen (secondary N) is 2. The monoisotopic (exact) mass is 470 g/mol. The van der Waals surface area contributed by atoms with Gasteiger partial charge in [-0.05, 0) is 52.8 Å². The fourth-order valence-electron chi connectivity index (χ4n) is 3.83. The number of alkyl halides is 3. The van der Waals surface area contributed by atoms with Crippen LogP contribution in [0.2, 0.25) is 0 Å². The van der Waals surface area contributed by atoms with Crippen molar-refractivity contribution in [3.8, 4) is 5.75 Å². The van der Waals surface area contributed by atoms with Crippen LogP contribution in [-0.4, -0.2) is 35.6 Å². The molecule has 0 saturated carbocycles. The van der Waals surface area contributed by atoms with Crippen molar-refractivity contribution >= 4 is 11.7 Å². The normalized spacial score (nSPS) is 19.1. The van der Waals surface area contributed by atoms with Gasteiger partial charge in [0.15, 0.2) is 6.10 Å². The molecule has 1 aliphatic carbocycles. The van der Waals surface area contributed by atoms with Crippen LogP contribution < -0.4 is 15.4 Å². The molecule has 0 aliphatic heterocycles. The SMILES string of the molecule is COc1c(NC(=O)NC2Cc3ccc(F)cc3C2O)cc(C(C)(C)C)cc1C(O)C(F)(F)F. The van der Waals surface area contributed by atoms with E-state index in [1.165, 1.54) is 30.3 Å². The molecule has 0 saturated heterocycles. The highest BCUT2D eigenvalue weighted by Gasteiger charge is 2.42. The van der Waals surface area contributed by atoms with E-state index in [-0.39, 0.29) is 17.9 Å². The maximum atomic E-state index is 13.5. The summed E-state index contributed by atoms with van der Waals surface area (Å²) < 4.78 is 58.5. The van der Waals surface area contributed by atoms with Gasteiger partial charge in [-0.25, -0.2) is 9.18 Å². The fourth-order valence-corrected chi connectivity index (χ4v) is 3.83. The lowest BCUT2D eigenvalue weighted by atomic mass is 9.84. The summed E-state index contributed by atoms with van der Waals surface area (Å²) in [4.78, 5) is 12.7. The van der Waals surface area contributed by atoms with Gasteiger partial charge in [0.1, 0.15) is 11.6 Å². The van der Waals surface area contributed by atoms with Crippen LogP contribution in [0.15, 0.2) is 30.3 Å². The second-order valence-corrected chi connectivity index (χ2v) is 9.04. The number of urea groups is 1. The lowest BCUT2D eigenvalue weighted by Gasteiger charge is -2.26. The Balaban J connectivity index is 1.90. The summed E-state index contributed by atoms with van der Waals surface area (Å²) >= 11 is 0. The second kappa shape index (κ2) is 8.83. The summed E-state index contributed by atoms with van der Waals surface area (Å²) in [5.74, 6) is -0.849. The van der Waals surface area contributed by atoms with Crippen LogP contribution in [0.5, 0.6) is 5.75 Å². The van der Waals surface area contributed by atoms with Crippen molar-refractivity contribution in [2.24, 2.45) is 0 Å². The van der Waals surface area contributed by atoms with Crippen LogP contribution in [-0.2, 0) is 11.8 Å². The average Bonchev–Trinajstić information content (AvgIpc) is 3.00. The average molecular weight is 470 g/mol. The zero-order valence-corrected chi connectivity index (χ0v) is 18.5. The summed E-state index contributed by atoms with van der Waals surface area (Å²) in [5.41, 5.74) is 0.265. The number of aliphatic hydroxyl groups is 2. The van der Waals surface area contributed by atoms with E-state index >= 15 is 0 Å². The number of benzene rings is 2. The smallest absolute Gasteiger partial charge is 0.418 e. The molecular weight excluding hydrogens is 444 g/mol. The molecule has 0 fully saturated rings. The third-order valence-corrected chi connectivity index (χ3v) is 5.60. The Bertz CT molecular complexity index is 1050. The molecular formula is C23H26F4N2O4. The number of aliphatic hydroxyl groups excluding tert-OH is 2. The van der Waals surface area contributed by atoms with Crippen molar-refractivity contribution in [2.75, 3.05) is 12.4 Å². The number of fused-ring (bicyclic) bond motifs is 1. The van der Waals surface area contributed by atoms with Gasteiger partial charge in [0, 0.05) is 5.56 Å². The van der Waals surface area contributed by atoms with Gasteiger partial charge in [-0.2, -0.15) is 13.2 Å². The van der Waals surface area contributed by atoms with E-state index in [4.69, 9.17) is 4.74 Å². The number of methoxy groups -OCH3 is 1. The van der Waals surface area contributed by atoms with Crippen LogP contribution in [0.3, 0.4) is 0 Å². The van der Waals surface area contributed by atoms with Crippen molar-refractivity contribution < 1.29 is 37.3 Å².